The van der Waals surface area contributed by atoms with Gasteiger partial charge in [-0.25, -0.2) is 4.39 Å². The standard InChI is InChI=1S/C58H46FN3O8.2Na/c59-41-25-21-39(22-26-41)55(63)47-11-1-5-13-49(47)60-52(58(67)68)36-38-19-29-43(30-20-38)70-44-31-23-40(24-32-44)56(64)48-12-2-6-14-50(48)61-51(57(65)66)35-37-17-27-42(28-18-37)69-34-33-62-53-15-7-3-9-45(53)46-10-4-8-16-54(46)62;;/h1-32,51-52,60-61H,33-36H2,(H,65,66)(H,67,68);;/q;2*+1/p-2. The summed E-state index contributed by atoms with van der Waals surface area (Å²) in [5, 5.41) is 33.0. The molecule has 0 amide bonds. The van der Waals surface area contributed by atoms with Gasteiger partial charge in [0.05, 0.1) is 30.6 Å². The first kappa shape index (κ1) is 52.8. The van der Waals surface area contributed by atoms with Crippen molar-refractivity contribution in [1.82, 2.24) is 4.57 Å². The van der Waals surface area contributed by atoms with E-state index in [2.05, 4.69) is 39.5 Å². The first-order chi connectivity index (χ1) is 34.1. The van der Waals surface area contributed by atoms with Gasteiger partial charge in [-0.1, -0.05) is 84.9 Å². The summed E-state index contributed by atoms with van der Waals surface area (Å²) in [5.74, 6) is -2.36. The Morgan fingerprint density at radius 2 is 0.875 bits per heavy atom. The Bertz CT molecular complexity index is 3290. The number of aromatic nitrogens is 1. The number of carbonyl (C=O) groups is 4. The number of hydrogen-bond donors (Lipinski definition) is 2. The third kappa shape index (κ3) is 12.5. The number of fused-ring (bicyclic) bond motifs is 3. The number of hydrogen-bond acceptors (Lipinski definition) is 10. The predicted octanol–water partition coefficient (Wildman–Crippen LogP) is 2.82. The van der Waals surface area contributed by atoms with Crippen LogP contribution in [0.15, 0.2) is 194 Å². The quantitative estimate of drug-likeness (QED) is 0.0859. The average Bonchev–Trinajstić information content (AvgIpc) is 3.70. The first-order valence-corrected chi connectivity index (χ1v) is 22.6. The zero-order valence-corrected chi connectivity index (χ0v) is 43.5. The summed E-state index contributed by atoms with van der Waals surface area (Å²) in [6, 6.07) is 53.1. The number of nitrogens with zero attached hydrogens (tertiary/aromatic N) is 1. The minimum Gasteiger partial charge on any atom is -0.548 e. The molecule has 0 spiro atoms. The largest absolute Gasteiger partial charge is 1.00 e. The molecule has 348 valence electrons. The van der Waals surface area contributed by atoms with Crippen molar-refractivity contribution in [3.63, 3.8) is 0 Å². The molecule has 72 heavy (non-hydrogen) atoms. The minimum absolute atomic E-state index is 0. The van der Waals surface area contributed by atoms with Crippen LogP contribution in [0.4, 0.5) is 15.8 Å². The second-order valence-corrected chi connectivity index (χ2v) is 16.6. The number of halogens is 1. The molecule has 0 saturated heterocycles. The summed E-state index contributed by atoms with van der Waals surface area (Å²) in [7, 11) is 0. The van der Waals surface area contributed by atoms with Crippen LogP contribution in [0.1, 0.15) is 43.0 Å². The van der Waals surface area contributed by atoms with Crippen molar-refractivity contribution in [2.75, 3.05) is 17.2 Å². The molecule has 8 aromatic carbocycles. The SMILES string of the molecule is O=C(c1ccc(F)cc1)c1ccccc1NC(Cc1ccc(Oc2ccc(C(=O)c3ccccc3NC(Cc3ccc(OCCn4c5ccccc5c5ccccc54)cc3)C(=O)[O-])cc2)cc1)C(=O)[O-].[Na+].[Na+]. The Hall–Kier alpha value is -7.03. The molecule has 0 radical (unpaired) electrons. The summed E-state index contributed by atoms with van der Waals surface area (Å²) in [4.78, 5) is 51.8. The van der Waals surface area contributed by atoms with E-state index in [-0.39, 0.29) is 94.4 Å². The number of ether oxygens (including phenoxy) is 2. The van der Waals surface area contributed by atoms with Crippen LogP contribution in [-0.4, -0.2) is 46.8 Å². The molecule has 2 unspecified atom stereocenters. The Morgan fingerprint density at radius 1 is 0.486 bits per heavy atom. The van der Waals surface area contributed by atoms with Gasteiger partial charge in [-0.05, 0) is 133 Å². The molecular formula is C58H44FN3Na2O8. The van der Waals surface area contributed by atoms with Gasteiger partial charge in [-0.2, -0.15) is 0 Å². The van der Waals surface area contributed by atoms with Gasteiger partial charge < -0.3 is 44.5 Å². The molecule has 0 aliphatic heterocycles. The van der Waals surface area contributed by atoms with Crippen molar-refractivity contribution < 1.29 is 102 Å². The smallest absolute Gasteiger partial charge is 0.548 e. The predicted molar refractivity (Wildman–Crippen MR) is 263 cm³/mol. The number of carbonyl (C=O) groups excluding carboxylic acids is 4. The fourth-order valence-corrected chi connectivity index (χ4v) is 8.48. The van der Waals surface area contributed by atoms with E-state index in [9.17, 15) is 33.8 Å². The van der Waals surface area contributed by atoms with E-state index in [1.165, 1.54) is 35.0 Å². The van der Waals surface area contributed by atoms with Crippen LogP contribution in [-0.2, 0) is 29.0 Å². The molecule has 1 heterocycles. The molecule has 0 saturated carbocycles. The maximum Gasteiger partial charge on any atom is 1.00 e. The molecule has 0 fully saturated rings. The summed E-state index contributed by atoms with van der Waals surface area (Å²) in [5.41, 5.74) is 5.39. The minimum atomic E-state index is -1.37. The van der Waals surface area contributed by atoms with E-state index in [1.807, 2.05) is 48.5 Å². The van der Waals surface area contributed by atoms with Crippen molar-refractivity contribution in [1.29, 1.82) is 0 Å². The number of ketones is 2. The van der Waals surface area contributed by atoms with E-state index < -0.39 is 35.6 Å². The van der Waals surface area contributed by atoms with Crippen molar-refractivity contribution in [2.45, 2.75) is 31.5 Å². The maximum atomic E-state index is 13.9. The average molecular weight is 976 g/mol. The second-order valence-electron chi connectivity index (χ2n) is 16.6. The molecule has 14 heteroatoms. The van der Waals surface area contributed by atoms with Gasteiger partial charge in [-0.3, -0.25) is 9.59 Å². The number of anilines is 2. The molecule has 9 rings (SSSR count). The molecule has 0 aliphatic carbocycles. The number of carboxylic acids is 2. The summed E-state index contributed by atoms with van der Waals surface area (Å²) >= 11 is 0. The van der Waals surface area contributed by atoms with E-state index in [0.717, 1.165) is 16.6 Å². The normalized spacial score (nSPS) is 11.6. The molecule has 9 aromatic rings. The molecule has 2 N–H and O–H groups in total. The molecule has 2 atom stereocenters. The van der Waals surface area contributed by atoms with Crippen LogP contribution in [0, 0.1) is 5.82 Å². The van der Waals surface area contributed by atoms with Crippen LogP contribution in [0.5, 0.6) is 17.2 Å². The third-order valence-electron chi connectivity index (χ3n) is 12.0. The Morgan fingerprint density at radius 3 is 1.33 bits per heavy atom. The fraction of sp³-hybridized carbons (Fsp3) is 0.103. The van der Waals surface area contributed by atoms with Crippen molar-refractivity contribution >= 4 is 56.7 Å². The van der Waals surface area contributed by atoms with Crippen LogP contribution in [0.2, 0.25) is 0 Å². The summed E-state index contributed by atoms with van der Waals surface area (Å²) in [6.45, 7) is 1.07. The molecule has 1 aromatic heterocycles. The third-order valence-corrected chi connectivity index (χ3v) is 12.0. The molecular weight excluding hydrogens is 932 g/mol. The van der Waals surface area contributed by atoms with Gasteiger partial charge in [0, 0.05) is 55.4 Å². The van der Waals surface area contributed by atoms with E-state index in [1.54, 1.807) is 97.1 Å². The van der Waals surface area contributed by atoms with E-state index in [4.69, 9.17) is 9.47 Å². The van der Waals surface area contributed by atoms with Gasteiger partial charge in [0.15, 0.2) is 11.6 Å². The monoisotopic (exact) mass is 975 g/mol. The maximum absolute atomic E-state index is 13.9. The van der Waals surface area contributed by atoms with Crippen molar-refractivity contribution in [2.24, 2.45) is 0 Å². The van der Waals surface area contributed by atoms with Crippen LogP contribution in [0.25, 0.3) is 21.8 Å². The number of nitrogens with one attached hydrogen (secondary N) is 2. The zero-order chi connectivity index (χ0) is 48.6. The van der Waals surface area contributed by atoms with Crippen molar-refractivity contribution in [3.8, 4) is 17.2 Å². The van der Waals surface area contributed by atoms with Gasteiger partial charge >= 0.3 is 59.1 Å². The van der Waals surface area contributed by atoms with E-state index >= 15 is 0 Å². The molecule has 11 nitrogen and oxygen atoms in total. The van der Waals surface area contributed by atoms with Crippen LogP contribution >= 0.6 is 0 Å². The number of para-hydroxylation sites is 4. The molecule has 0 bridgehead atoms. The number of carboxylic acid groups (broad SMARTS) is 2. The Kier molecular flexibility index (Phi) is 17.9. The number of aliphatic carboxylic acids is 2. The Balaban J connectivity index is 0.00000380. The first-order valence-electron chi connectivity index (χ1n) is 22.6. The number of rotatable bonds is 20. The zero-order valence-electron chi connectivity index (χ0n) is 39.5. The number of benzene rings is 8. The van der Waals surface area contributed by atoms with Crippen LogP contribution in [0.3, 0.4) is 0 Å². The van der Waals surface area contributed by atoms with E-state index in [0.29, 0.717) is 52.9 Å². The van der Waals surface area contributed by atoms with Gasteiger partial charge in [-0.15, -0.1) is 0 Å². The van der Waals surface area contributed by atoms with Crippen LogP contribution < -0.4 is 89.4 Å². The van der Waals surface area contributed by atoms with Crippen molar-refractivity contribution in [3.05, 3.63) is 233 Å². The van der Waals surface area contributed by atoms with Gasteiger partial charge in [0.1, 0.15) is 29.7 Å². The summed E-state index contributed by atoms with van der Waals surface area (Å²) < 4.78 is 27.9. The topological polar surface area (TPSA) is 162 Å². The molecule has 0 aliphatic rings. The summed E-state index contributed by atoms with van der Waals surface area (Å²) in [6.07, 6.45) is 0.109. The van der Waals surface area contributed by atoms with Gasteiger partial charge in [0.2, 0.25) is 0 Å². The van der Waals surface area contributed by atoms with Gasteiger partial charge in [0.25, 0.3) is 0 Å². The fourth-order valence-electron chi connectivity index (χ4n) is 8.48. The second kappa shape index (κ2) is 24.4. The Labute approximate surface area is 459 Å².